The van der Waals surface area contributed by atoms with E-state index in [4.69, 9.17) is 4.74 Å². The standard InChI is InChI=1S/C12H20O2/c1-5-6-7-8-11(4)9-14-12(13)10(2)3/h5,8,10H,1,6-7,9H2,2-4H3. The summed E-state index contributed by atoms with van der Waals surface area (Å²) in [7, 11) is 0. The van der Waals surface area contributed by atoms with Gasteiger partial charge in [-0.1, -0.05) is 26.0 Å². The van der Waals surface area contributed by atoms with E-state index in [1.165, 1.54) is 0 Å². The Morgan fingerprint density at radius 2 is 2.07 bits per heavy atom. The maximum Gasteiger partial charge on any atom is 0.308 e. The Balaban J connectivity index is 3.72. The molecule has 0 aliphatic carbocycles. The van der Waals surface area contributed by atoms with Gasteiger partial charge in [-0.3, -0.25) is 4.79 Å². The Kier molecular flexibility index (Phi) is 6.81. The highest BCUT2D eigenvalue weighted by atomic mass is 16.5. The minimum atomic E-state index is -0.138. The quantitative estimate of drug-likeness (QED) is 0.370. The van der Waals surface area contributed by atoms with Gasteiger partial charge in [0.15, 0.2) is 0 Å². The van der Waals surface area contributed by atoms with Crippen molar-refractivity contribution < 1.29 is 9.53 Å². The second kappa shape index (κ2) is 7.36. The molecule has 0 bridgehead atoms. The molecule has 0 aromatic rings. The summed E-state index contributed by atoms with van der Waals surface area (Å²) in [5.74, 6) is -0.183. The minimum absolute atomic E-state index is 0.0454. The van der Waals surface area contributed by atoms with Crippen molar-refractivity contribution in [2.45, 2.75) is 33.6 Å². The zero-order valence-electron chi connectivity index (χ0n) is 9.38. The molecular formula is C12H20O2. The molecular weight excluding hydrogens is 176 g/mol. The van der Waals surface area contributed by atoms with Crippen LogP contribution in [0.25, 0.3) is 0 Å². The van der Waals surface area contributed by atoms with Crippen LogP contribution in [0.3, 0.4) is 0 Å². The van der Waals surface area contributed by atoms with Crippen LogP contribution in [0.1, 0.15) is 33.6 Å². The number of carbonyl (C=O) groups excluding carboxylic acids is 1. The van der Waals surface area contributed by atoms with Crippen LogP contribution in [0.2, 0.25) is 0 Å². The smallest absolute Gasteiger partial charge is 0.308 e. The van der Waals surface area contributed by atoms with E-state index in [9.17, 15) is 4.79 Å². The van der Waals surface area contributed by atoms with E-state index in [-0.39, 0.29) is 11.9 Å². The topological polar surface area (TPSA) is 26.3 Å². The van der Waals surface area contributed by atoms with Gasteiger partial charge in [-0.05, 0) is 25.3 Å². The number of allylic oxidation sites excluding steroid dienone is 2. The molecule has 0 aromatic carbocycles. The molecule has 0 heterocycles. The lowest BCUT2D eigenvalue weighted by atomic mass is 10.2. The van der Waals surface area contributed by atoms with Gasteiger partial charge in [-0.2, -0.15) is 0 Å². The molecule has 80 valence electrons. The highest BCUT2D eigenvalue weighted by molar-refractivity contribution is 5.71. The molecule has 0 fully saturated rings. The fraction of sp³-hybridized carbons (Fsp3) is 0.583. The molecule has 2 nitrogen and oxygen atoms in total. The summed E-state index contributed by atoms with van der Waals surface area (Å²) in [6, 6.07) is 0. The van der Waals surface area contributed by atoms with E-state index < -0.39 is 0 Å². The molecule has 0 aliphatic heterocycles. The van der Waals surface area contributed by atoms with Crippen molar-refractivity contribution in [2.24, 2.45) is 5.92 Å². The first-order valence-corrected chi connectivity index (χ1v) is 5.01. The van der Waals surface area contributed by atoms with Gasteiger partial charge in [-0.25, -0.2) is 0 Å². The van der Waals surface area contributed by atoms with Gasteiger partial charge in [-0.15, -0.1) is 6.58 Å². The molecule has 2 heteroatoms. The molecule has 0 saturated heterocycles. The maximum atomic E-state index is 11.1. The highest BCUT2D eigenvalue weighted by Gasteiger charge is 2.07. The molecule has 0 saturated carbocycles. The van der Waals surface area contributed by atoms with E-state index in [2.05, 4.69) is 12.7 Å². The van der Waals surface area contributed by atoms with Gasteiger partial charge in [0.05, 0.1) is 5.92 Å². The van der Waals surface area contributed by atoms with Crippen LogP contribution in [0.4, 0.5) is 0 Å². The van der Waals surface area contributed by atoms with Crippen molar-refractivity contribution in [1.82, 2.24) is 0 Å². The van der Waals surface area contributed by atoms with Crippen LogP contribution < -0.4 is 0 Å². The molecule has 0 aromatic heterocycles. The van der Waals surface area contributed by atoms with Gasteiger partial charge in [0.2, 0.25) is 0 Å². The largest absolute Gasteiger partial charge is 0.461 e. The third kappa shape index (κ3) is 6.46. The average Bonchev–Trinajstić information content (AvgIpc) is 2.14. The SMILES string of the molecule is C=CCCC=C(C)COC(=O)C(C)C. The van der Waals surface area contributed by atoms with Crippen LogP contribution in [0, 0.1) is 5.92 Å². The Morgan fingerprint density at radius 1 is 1.43 bits per heavy atom. The second-order valence-corrected chi connectivity index (χ2v) is 3.68. The summed E-state index contributed by atoms with van der Waals surface area (Å²) in [6.07, 6.45) is 5.89. The average molecular weight is 196 g/mol. The molecule has 0 unspecified atom stereocenters. The summed E-state index contributed by atoms with van der Waals surface area (Å²) < 4.78 is 5.06. The van der Waals surface area contributed by atoms with Gasteiger partial charge in [0, 0.05) is 0 Å². The monoisotopic (exact) mass is 196 g/mol. The molecule has 0 spiro atoms. The predicted octanol–water partition coefficient (Wildman–Crippen LogP) is 3.10. The zero-order valence-corrected chi connectivity index (χ0v) is 9.38. The third-order valence-electron chi connectivity index (χ3n) is 1.78. The first-order valence-electron chi connectivity index (χ1n) is 5.01. The van der Waals surface area contributed by atoms with Crippen molar-refractivity contribution >= 4 is 5.97 Å². The van der Waals surface area contributed by atoms with E-state index in [1.807, 2.05) is 26.8 Å². The minimum Gasteiger partial charge on any atom is -0.461 e. The van der Waals surface area contributed by atoms with Crippen molar-refractivity contribution in [1.29, 1.82) is 0 Å². The first kappa shape index (κ1) is 12.9. The normalized spacial score (nSPS) is 11.6. The summed E-state index contributed by atoms with van der Waals surface area (Å²) in [6.45, 7) is 9.68. The lowest BCUT2D eigenvalue weighted by Crippen LogP contribution is -2.12. The number of ether oxygens (including phenoxy) is 1. The number of unbranched alkanes of at least 4 members (excludes halogenated alkanes) is 1. The molecule has 0 atom stereocenters. The van der Waals surface area contributed by atoms with Crippen molar-refractivity contribution in [3.05, 3.63) is 24.3 Å². The second-order valence-electron chi connectivity index (χ2n) is 3.68. The fourth-order valence-corrected chi connectivity index (χ4v) is 0.858. The molecule has 0 aliphatic rings. The van der Waals surface area contributed by atoms with E-state index in [0.29, 0.717) is 6.61 Å². The summed E-state index contributed by atoms with van der Waals surface area (Å²) >= 11 is 0. The molecule has 0 rings (SSSR count). The Labute approximate surface area is 86.6 Å². The van der Waals surface area contributed by atoms with E-state index in [0.717, 1.165) is 18.4 Å². The maximum absolute atomic E-state index is 11.1. The van der Waals surface area contributed by atoms with Crippen LogP contribution in [-0.2, 0) is 9.53 Å². The van der Waals surface area contributed by atoms with Gasteiger partial charge in [0.25, 0.3) is 0 Å². The van der Waals surface area contributed by atoms with Gasteiger partial charge in [0.1, 0.15) is 6.61 Å². The number of carbonyl (C=O) groups is 1. The summed E-state index contributed by atoms with van der Waals surface area (Å²) in [5, 5.41) is 0. The Bertz CT molecular complexity index is 214. The first-order chi connectivity index (χ1) is 6.57. The Hall–Kier alpha value is -1.05. The number of rotatable bonds is 6. The number of esters is 1. The molecule has 0 radical (unpaired) electrons. The fourth-order valence-electron chi connectivity index (χ4n) is 0.858. The molecule has 14 heavy (non-hydrogen) atoms. The summed E-state index contributed by atoms with van der Waals surface area (Å²) in [4.78, 5) is 11.1. The lowest BCUT2D eigenvalue weighted by molar-refractivity contribution is -0.146. The van der Waals surface area contributed by atoms with Crippen LogP contribution >= 0.6 is 0 Å². The van der Waals surface area contributed by atoms with Gasteiger partial charge >= 0.3 is 5.97 Å². The number of hydrogen-bond acceptors (Lipinski definition) is 2. The van der Waals surface area contributed by atoms with Crippen LogP contribution in [-0.4, -0.2) is 12.6 Å². The van der Waals surface area contributed by atoms with E-state index in [1.54, 1.807) is 0 Å². The van der Waals surface area contributed by atoms with E-state index >= 15 is 0 Å². The predicted molar refractivity (Wildman–Crippen MR) is 59.0 cm³/mol. The third-order valence-corrected chi connectivity index (χ3v) is 1.78. The Morgan fingerprint density at radius 3 is 2.57 bits per heavy atom. The highest BCUT2D eigenvalue weighted by Crippen LogP contribution is 2.02. The van der Waals surface area contributed by atoms with Crippen molar-refractivity contribution in [3.63, 3.8) is 0 Å². The molecule has 0 N–H and O–H groups in total. The summed E-state index contributed by atoms with van der Waals surface area (Å²) in [5.41, 5.74) is 1.10. The van der Waals surface area contributed by atoms with Crippen LogP contribution in [0.15, 0.2) is 24.3 Å². The van der Waals surface area contributed by atoms with Crippen molar-refractivity contribution in [2.75, 3.05) is 6.61 Å². The lowest BCUT2D eigenvalue weighted by Gasteiger charge is -2.06. The van der Waals surface area contributed by atoms with Crippen LogP contribution in [0.5, 0.6) is 0 Å². The van der Waals surface area contributed by atoms with Gasteiger partial charge < -0.3 is 4.74 Å². The van der Waals surface area contributed by atoms with Crippen molar-refractivity contribution in [3.8, 4) is 0 Å². The number of hydrogen-bond donors (Lipinski definition) is 0. The molecule has 0 amide bonds. The zero-order chi connectivity index (χ0) is 11.0.